The number of hydrogen-bond donors (Lipinski definition) is 0. The molecule has 0 spiro atoms. The van der Waals surface area contributed by atoms with Crippen molar-refractivity contribution < 1.29 is 80.9 Å². The molecule has 2 heterocycles. The first-order chi connectivity index (χ1) is 20.5. The molecule has 0 amide bonds. The summed E-state index contributed by atoms with van der Waals surface area (Å²) in [5, 5.41) is -1.09. The van der Waals surface area contributed by atoms with Crippen LogP contribution in [0, 0.1) is 0 Å². The molecule has 0 bridgehead atoms. The van der Waals surface area contributed by atoms with Crippen molar-refractivity contribution in [1.82, 2.24) is 0 Å². The molecule has 0 unspecified atom stereocenters. The number of carbonyl (C=O) groups excluding carboxylic acids is 7. The largest absolute Gasteiger partial charge is 0.463 e. The molecule has 2 saturated heterocycles. The minimum Gasteiger partial charge on any atom is -0.463 e. The Morgan fingerprint density at radius 1 is 0.477 bits per heavy atom. The first kappa shape index (κ1) is 36.8. The molecule has 18 heteroatoms. The molecule has 17 nitrogen and oxygen atoms in total. The molecule has 248 valence electrons. The average molecular weight is 699 g/mol. The Balaban J connectivity index is 2.66. The van der Waals surface area contributed by atoms with E-state index < -0.39 is 115 Å². The number of halogens is 1. The summed E-state index contributed by atoms with van der Waals surface area (Å²) in [7, 11) is 0. The smallest absolute Gasteiger partial charge is 0.303 e. The van der Waals surface area contributed by atoms with Crippen molar-refractivity contribution >= 4 is 57.7 Å². The van der Waals surface area contributed by atoms with Crippen LogP contribution >= 0.6 is 15.9 Å². The molecule has 0 aromatic rings. The van der Waals surface area contributed by atoms with Gasteiger partial charge in [0.25, 0.3) is 0 Å². The van der Waals surface area contributed by atoms with Crippen molar-refractivity contribution in [2.75, 3.05) is 13.2 Å². The minimum atomic E-state index is -1.73. The fourth-order valence-corrected chi connectivity index (χ4v) is 5.15. The maximum absolute atomic E-state index is 12.2. The zero-order valence-corrected chi connectivity index (χ0v) is 26.6. The van der Waals surface area contributed by atoms with Crippen LogP contribution in [0.3, 0.4) is 0 Å². The van der Waals surface area contributed by atoms with Crippen molar-refractivity contribution in [3.05, 3.63) is 0 Å². The lowest BCUT2D eigenvalue weighted by atomic mass is 9.96. The van der Waals surface area contributed by atoms with Gasteiger partial charge in [-0.2, -0.15) is 0 Å². The predicted octanol–water partition coefficient (Wildman–Crippen LogP) is 0.00100. The van der Waals surface area contributed by atoms with Crippen LogP contribution in [0.2, 0.25) is 0 Å². The average Bonchev–Trinajstić information content (AvgIpc) is 2.87. The van der Waals surface area contributed by atoms with Crippen LogP contribution in [0.25, 0.3) is 0 Å². The van der Waals surface area contributed by atoms with Gasteiger partial charge in [0.05, 0.1) is 0 Å². The molecule has 0 N–H and O–H groups in total. The van der Waals surface area contributed by atoms with Crippen LogP contribution in [0.4, 0.5) is 0 Å². The van der Waals surface area contributed by atoms with Gasteiger partial charge in [0, 0.05) is 48.5 Å². The quantitative estimate of drug-likeness (QED) is 0.158. The van der Waals surface area contributed by atoms with Crippen molar-refractivity contribution in [1.29, 1.82) is 0 Å². The van der Waals surface area contributed by atoms with Crippen LogP contribution in [-0.2, 0) is 80.9 Å². The summed E-state index contributed by atoms with van der Waals surface area (Å²) in [6, 6.07) is 0. The minimum absolute atomic E-state index is 0.460. The van der Waals surface area contributed by atoms with Crippen LogP contribution in [0.1, 0.15) is 48.5 Å². The molecule has 2 aliphatic heterocycles. The van der Waals surface area contributed by atoms with E-state index in [1.807, 2.05) is 0 Å². The molecule has 10 atom stereocenters. The molecule has 0 aromatic carbocycles. The third kappa shape index (κ3) is 11.0. The Labute approximate surface area is 260 Å². The maximum atomic E-state index is 12.2. The Hall–Kier alpha value is -3.35. The molecule has 0 aromatic heterocycles. The zero-order valence-electron chi connectivity index (χ0n) is 25.0. The van der Waals surface area contributed by atoms with E-state index >= 15 is 0 Å². The van der Waals surface area contributed by atoms with Crippen LogP contribution < -0.4 is 0 Å². The predicted molar refractivity (Wildman–Crippen MR) is 142 cm³/mol. The molecule has 2 fully saturated rings. The normalized spacial score (nSPS) is 31.5. The summed E-state index contributed by atoms with van der Waals surface area (Å²) in [4.78, 5) is 83.8. The van der Waals surface area contributed by atoms with Gasteiger partial charge in [-0.25, -0.2) is 0 Å². The van der Waals surface area contributed by atoms with Crippen molar-refractivity contribution in [3.63, 3.8) is 0 Å². The van der Waals surface area contributed by atoms with Gasteiger partial charge in [0.2, 0.25) is 0 Å². The SMILES string of the molecule is CC(=O)OC[C@@H]1O[C@H](Br)[C@@H](OC(C)=O)[C@@H](OC(C)=O)[C@H]1O[C@@H]1O[C@H](COC(C)=O)[C@H](OC(C)=O)[C@H](OC(C)=O)[C@@H]1OC(C)=O. The molecule has 2 rings (SSSR count). The number of esters is 7. The monoisotopic (exact) mass is 698 g/mol. The number of alkyl halides is 1. The molecule has 44 heavy (non-hydrogen) atoms. The van der Waals surface area contributed by atoms with Gasteiger partial charge in [-0.1, -0.05) is 15.9 Å². The van der Waals surface area contributed by atoms with Gasteiger partial charge in [-0.3, -0.25) is 33.6 Å². The Kier molecular flexibility index (Phi) is 13.9. The number of rotatable bonds is 11. The zero-order chi connectivity index (χ0) is 33.3. The second kappa shape index (κ2) is 16.6. The highest BCUT2D eigenvalue weighted by atomic mass is 79.9. The van der Waals surface area contributed by atoms with Gasteiger partial charge in [-0.05, 0) is 0 Å². The van der Waals surface area contributed by atoms with Crippen LogP contribution in [0.15, 0.2) is 0 Å². The van der Waals surface area contributed by atoms with Crippen molar-refractivity contribution in [2.24, 2.45) is 0 Å². The van der Waals surface area contributed by atoms with E-state index in [1.54, 1.807) is 0 Å². The Morgan fingerprint density at radius 2 is 0.841 bits per heavy atom. The van der Waals surface area contributed by atoms with Gasteiger partial charge >= 0.3 is 41.8 Å². The molecule has 2 aliphatic rings. The van der Waals surface area contributed by atoms with E-state index in [1.165, 1.54) is 0 Å². The molecule has 0 saturated carbocycles. The summed E-state index contributed by atoms with van der Waals surface area (Å²) in [6.45, 7) is 6.57. The molecular weight excluding hydrogens is 664 g/mol. The van der Waals surface area contributed by atoms with Gasteiger partial charge < -0.3 is 47.4 Å². The van der Waals surface area contributed by atoms with Crippen LogP contribution in [-0.4, -0.2) is 115 Å². The van der Waals surface area contributed by atoms with Crippen molar-refractivity contribution in [3.8, 4) is 0 Å². The van der Waals surface area contributed by atoms with Gasteiger partial charge in [0.1, 0.15) is 31.5 Å². The van der Waals surface area contributed by atoms with Crippen LogP contribution in [0.5, 0.6) is 0 Å². The second-order valence-corrected chi connectivity index (χ2v) is 10.5. The third-order valence-electron chi connectivity index (χ3n) is 5.87. The maximum Gasteiger partial charge on any atom is 0.303 e. The summed E-state index contributed by atoms with van der Waals surface area (Å²) in [6.07, 6.45) is -13.2. The van der Waals surface area contributed by atoms with E-state index in [9.17, 15) is 33.6 Å². The Bertz CT molecular complexity index is 1090. The summed E-state index contributed by atoms with van der Waals surface area (Å²) >= 11 is 3.23. The van der Waals surface area contributed by atoms with E-state index in [-0.39, 0.29) is 0 Å². The van der Waals surface area contributed by atoms with Crippen molar-refractivity contribution in [2.45, 2.75) is 109 Å². The highest BCUT2D eigenvalue weighted by Crippen LogP contribution is 2.36. The first-order valence-corrected chi connectivity index (χ1v) is 14.1. The lowest BCUT2D eigenvalue weighted by Crippen LogP contribution is -2.66. The highest BCUT2D eigenvalue weighted by Gasteiger charge is 2.57. The summed E-state index contributed by atoms with van der Waals surface area (Å²) < 4.78 is 55.2. The summed E-state index contributed by atoms with van der Waals surface area (Å²) in [5.74, 6) is -5.63. The van der Waals surface area contributed by atoms with Gasteiger partial charge in [0.15, 0.2) is 41.8 Å². The number of ether oxygens (including phenoxy) is 10. The van der Waals surface area contributed by atoms with Gasteiger partial charge in [-0.15, -0.1) is 0 Å². The fraction of sp³-hybridized carbons (Fsp3) is 0.731. The standard InChI is InChI=1S/C26H35BrO17/c1-10(28)35-8-17-20(21(38-13(4)31)23(25(27)42-17)40-15(6)33)44-26-24(41-16(7)34)22(39-14(5)32)19(37-12(3)30)18(43-26)9-36-11(2)29/h17-26H,8-9H2,1-7H3/t17-,18+,19-,20-,21-,22-,23-,24-,25-,26-/m0/s1. The topological polar surface area (TPSA) is 212 Å². The van der Waals surface area contributed by atoms with E-state index in [0.717, 1.165) is 48.5 Å². The molecule has 0 radical (unpaired) electrons. The number of carbonyl (C=O) groups is 7. The van der Waals surface area contributed by atoms with E-state index in [4.69, 9.17) is 47.4 Å². The summed E-state index contributed by atoms with van der Waals surface area (Å²) in [5.41, 5.74) is 0. The Morgan fingerprint density at radius 3 is 1.27 bits per heavy atom. The molecule has 0 aliphatic carbocycles. The lowest BCUT2D eigenvalue weighted by Gasteiger charge is -2.48. The second-order valence-electron chi connectivity index (χ2n) is 9.64. The highest BCUT2D eigenvalue weighted by molar-refractivity contribution is 9.09. The lowest BCUT2D eigenvalue weighted by molar-refractivity contribution is -0.341. The third-order valence-corrected chi connectivity index (χ3v) is 6.61. The van der Waals surface area contributed by atoms with E-state index in [2.05, 4.69) is 15.9 Å². The first-order valence-electron chi connectivity index (χ1n) is 13.2. The number of hydrogen-bond acceptors (Lipinski definition) is 17. The fourth-order valence-electron chi connectivity index (χ4n) is 4.46. The molecular formula is C26H35BrO17. The van der Waals surface area contributed by atoms with E-state index in [0.29, 0.717) is 0 Å².